The molecule has 0 saturated heterocycles. The molecule has 0 bridgehead atoms. The van der Waals surface area contributed by atoms with Gasteiger partial charge in [0.05, 0.1) is 4.47 Å². The summed E-state index contributed by atoms with van der Waals surface area (Å²) in [7, 11) is 4.00. The molecule has 0 amide bonds. The summed E-state index contributed by atoms with van der Waals surface area (Å²) in [5.41, 5.74) is 2.64. The number of rotatable bonds is 4. The minimum Gasteiger partial charge on any atom is -0.507 e. The third-order valence-corrected chi connectivity index (χ3v) is 4.08. The molecule has 0 radical (unpaired) electrons. The number of hydrogen-bond donors (Lipinski definition) is 2. The topological polar surface area (TPSA) is 43.7 Å². The number of phenols is 2. The Kier molecular flexibility index (Phi) is 4.68. The second-order valence-electron chi connectivity index (χ2n) is 5.00. The summed E-state index contributed by atoms with van der Waals surface area (Å²) >= 11 is 3.43. The van der Waals surface area contributed by atoms with Gasteiger partial charge in [-0.05, 0) is 47.6 Å². The molecule has 2 aromatic carbocycles. The monoisotopic (exact) mass is 335 g/mol. The maximum Gasteiger partial charge on any atom is 0.133 e. The summed E-state index contributed by atoms with van der Waals surface area (Å²) in [6, 6.07) is 11.1. The van der Waals surface area contributed by atoms with Gasteiger partial charge in [-0.2, -0.15) is 0 Å². The van der Waals surface area contributed by atoms with Crippen LogP contribution in [-0.4, -0.2) is 35.8 Å². The lowest BCUT2D eigenvalue weighted by Gasteiger charge is -2.17. The van der Waals surface area contributed by atoms with Gasteiger partial charge >= 0.3 is 0 Å². The van der Waals surface area contributed by atoms with E-state index in [-0.39, 0.29) is 11.5 Å². The van der Waals surface area contributed by atoms with Crippen LogP contribution in [0.3, 0.4) is 0 Å². The molecule has 0 spiro atoms. The van der Waals surface area contributed by atoms with Crippen molar-refractivity contribution in [2.75, 3.05) is 20.6 Å². The molecule has 0 aliphatic carbocycles. The molecule has 0 aliphatic rings. The number of phenolic OH excluding ortho intramolecular Hbond substituents is 2. The molecule has 3 nitrogen and oxygen atoms in total. The van der Waals surface area contributed by atoms with Crippen molar-refractivity contribution in [2.24, 2.45) is 0 Å². The number of benzene rings is 2. The van der Waals surface area contributed by atoms with Gasteiger partial charge in [0.25, 0.3) is 0 Å². The molecule has 2 aromatic rings. The molecule has 106 valence electrons. The van der Waals surface area contributed by atoms with E-state index in [1.165, 1.54) is 6.07 Å². The number of aromatic hydroxyl groups is 2. The van der Waals surface area contributed by atoms with Crippen LogP contribution in [0.15, 0.2) is 40.9 Å². The van der Waals surface area contributed by atoms with Crippen molar-refractivity contribution in [1.29, 1.82) is 0 Å². The highest BCUT2D eigenvalue weighted by molar-refractivity contribution is 9.10. The molecular weight excluding hydrogens is 318 g/mol. The smallest absolute Gasteiger partial charge is 0.133 e. The molecule has 0 aromatic heterocycles. The van der Waals surface area contributed by atoms with Gasteiger partial charge in [0.2, 0.25) is 0 Å². The van der Waals surface area contributed by atoms with Crippen LogP contribution in [0.5, 0.6) is 11.5 Å². The minimum atomic E-state index is 0.0657. The Hall–Kier alpha value is -1.52. The van der Waals surface area contributed by atoms with Crippen molar-refractivity contribution in [3.8, 4) is 22.6 Å². The third kappa shape index (κ3) is 3.14. The first-order chi connectivity index (χ1) is 9.50. The quantitative estimate of drug-likeness (QED) is 0.896. The molecule has 20 heavy (non-hydrogen) atoms. The number of halogens is 1. The van der Waals surface area contributed by atoms with Gasteiger partial charge in [-0.1, -0.05) is 30.3 Å². The van der Waals surface area contributed by atoms with Crippen LogP contribution in [0.4, 0.5) is 0 Å². The fourth-order valence-electron chi connectivity index (χ4n) is 2.18. The van der Waals surface area contributed by atoms with E-state index in [1.54, 1.807) is 0 Å². The zero-order valence-corrected chi connectivity index (χ0v) is 13.2. The Morgan fingerprint density at radius 1 is 1.05 bits per heavy atom. The van der Waals surface area contributed by atoms with Gasteiger partial charge in [-0.15, -0.1) is 0 Å². The molecule has 0 fully saturated rings. The number of hydrogen-bond acceptors (Lipinski definition) is 3. The largest absolute Gasteiger partial charge is 0.507 e. The van der Waals surface area contributed by atoms with E-state index in [0.29, 0.717) is 4.47 Å². The predicted octanol–water partition coefficient (Wildman–Crippen LogP) is 3.63. The van der Waals surface area contributed by atoms with Crippen LogP contribution in [0.1, 0.15) is 5.56 Å². The van der Waals surface area contributed by atoms with E-state index in [4.69, 9.17) is 0 Å². The van der Waals surface area contributed by atoms with E-state index in [1.807, 2.05) is 44.4 Å². The molecular formula is C16H18BrNO2. The van der Waals surface area contributed by atoms with Crippen molar-refractivity contribution < 1.29 is 10.2 Å². The molecule has 2 rings (SSSR count). The van der Waals surface area contributed by atoms with E-state index in [9.17, 15) is 10.2 Å². The molecule has 0 atom stereocenters. The maximum atomic E-state index is 10.2. The standard InChI is InChI=1S/C16H18BrNO2/c1-18(2)9-8-12-15(11-6-4-3-5-7-11)13(19)10-14(20)16(12)17/h3-7,10,19-20H,8-9H2,1-2H3. The fraction of sp³-hybridized carbons (Fsp3) is 0.250. The van der Waals surface area contributed by atoms with E-state index >= 15 is 0 Å². The van der Waals surface area contributed by atoms with Gasteiger partial charge in [0, 0.05) is 18.2 Å². The van der Waals surface area contributed by atoms with Gasteiger partial charge in [-0.3, -0.25) is 0 Å². The summed E-state index contributed by atoms with van der Waals surface area (Å²) in [5.74, 6) is 0.168. The van der Waals surface area contributed by atoms with Gasteiger partial charge < -0.3 is 15.1 Å². The van der Waals surface area contributed by atoms with Crippen molar-refractivity contribution in [3.63, 3.8) is 0 Å². The van der Waals surface area contributed by atoms with Gasteiger partial charge in [0.15, 0.2) is 0 Å². The molecule has 4 heteroatoms. The molecule has 0 saturated carbocycles. The molecule has 0 aliphatic heterocycles. The zero-order valence-electron chi connectivity index (χ0n) is 11.6. The first-order valence-electron chi connectivity index (χ1n) is 6.44. The predicted molar refractivity (Wildman–Crippen MR) is 85.2 cm³/mol. The van der Waals surface area contributed by atoms with Crippen LogP contribution in [0.25, 0.3) is 11.1 Å². The Morgan fingerprint density at radius 3 is 2.30 bits per heavy atom. The van der Waals surface area contributed by atoms with Gasteiger partial charge in [0.1, 0.15) is 11.5 Å². The Bertz CT molecular complexity index is 597. The average molecular weight is 336 g/mol. The lowest BCUT2D eigenvalue weighted by atomic mass is 9.96. The van der Waals surface area contributed by atoms with Crippen LogP contribution in [-0.2, 0) is 6.42 Å². The summed E-state index contributed by atoms with van der Waals surface area (Å²) < 4.78 is 0.649. The van der Waals surface area contributed by atoms with Crippen molar-refractivity contribution in [3.05, 3.63) is 46.4 Å². The highest BCUT2D eigenvalue weighted by atomic mass is 79.9. The Morgan fingerprint density at radius 2 is 1.70 bits per heavy atom. The SMILES string of the molecule is CN(C)CCc1c(Br)c(O)cc(O)c1-c1ccccc1. The van der Waals surface area contributed by atoms with Crippen LogP contribution in [0, 0.1) is 0 Å². The number of likely N-dealkylation sites (N-methyl/N-ethyl adjacent to an activating group) is 1. The number of nitrogens with zero attached hydrogens (tertiary/aromatic N) is 1. The summed E-state index contributed by atoms with van der Waals surface area (Å²) in [5, 5.41) is 20.1. The summed E-state index contributed by atoms with van der Waals surface area (Å²) in [6.45, 7) is 0.835. The Balaban J connectivity index is 2.57. The first-order valence-corrected chi connectivity index (χ1v) is 7.23. The van der Waals surface area contributed by atoms with E-state index in [0.717, 1.165) is 29.7 Å². The highest BCUT2D eigenvalue weighted by Crippen LogP contribution is 2.42. The van der Waals surface area contributed by atoms with Crippen molar-refractivity contribution >= 4 is 15.9 Å². The summed E-state index contributed by atoms with van der Waals surface area (Å²) in [6.07, 6.45) is 0.736. The normalized spacial score (nSPS) is 11.0. The van der Waals surface area contributed by atoms with Crippen LogP contribution in [0.2, 0.25) is 0 Å². The van der Waals surface area contributed by atoms with Gasteiger partial charge in [-0.25, -0.2) is 0 Å². The first kappa shape index (κ1) is 14.9. The summed E-state index contributed by atoms with van der Waals surface area (Å²) in [4.78, 5) is 2.07. The molecule has 0 unspecified atom stereocenters. The van der Waals surface area contributed by atoms with E-state index < -0.39 is 0 Å². The van der Waals surface area contributed by atoms with Crippen molar-refractivity contribution in [1.82, 2.24) is 4.90 Å². The minimum absolute atomic E-state index is 0.0657. The molecule has 0 heterocycles. The fourth-order valence-corrected chi connectivity index (χ4v) is 2.69. The second-order valence-corrected chi connectivity index (χ2v) is 5.79. The lowest BCUT2D eigenvalue weighted by molar-refractivity contribution is 0.410. The van der Waals surface area contributed by atoms with Crippen LogP contribution < -0.4 is 0 Å². The Labute approximate surface area is 127 Å². The zero-order chi connectivity index (χ0) is 14.7. The molecule has 2 N–H and O–H groups in total. The maximum absolute atomic E-state index is 10.2. The average Bonchev–Trinajstić information content (AvgIpc) is 2.42. The van der Waals surface area contributed by atoms with Crippen LogP contribution >= 0.6 is 15.9 Å². The van der Waals surface area contributed by atoms with E-state index in [2.05, 4.69) is 20.8 Å². The third-order valence-electron chi connectivity index (χ3n) is 3.19. The highest BCUT2D eigenvalue weighted by Gasteiger charge is 2.17. The lowest BCUT2D eigenvalue weighted by Crippen LogP contribution is -2.15. The second kappa shape index (κ2) is 6.29. The van der Waals surface area contributed by atoms with Crippen molar-refractivity contribution in [2.45, 2.75) is 6.42 Å².